The van der Waals surface area contributed by atoms with Gasteiger partial charge in [0.15, 0.2) is 0 Å². The monoisotopic (exact) mass is 600 g/mol. The number of likely N-dealkylation sites (N-methyl/N-ethyl adjacent to an activating group) is 1. The number of halogens is 1. The quantitative estimate of drug-likeness (QED) is 0.287. The van der Waals surface area contributed by atoms with Gasteiger partial charge in [-0.05, 0) is 50.2 Å². The van der Waals surface area contributed by atoms with E-state index in [0.29, 0.717) is 67.8 Å². The second kappa shape index (κ2) is 13.5. The molecular formula is C33H37FN6O4. The lowest BCUT2D eigenvalue weighted by Gasteiger charge is -2.36. The van der Waals surface area contributed by atoms with Gasteiger partial charge in [-0.1, -0.05) is 24.3 Å². The lowest BCUT2D eigenvalue weighted by atomic mass is 10.0. The van der Waals surface area contributed by atoms with Crippen LogP contribution in [0.5, 0.6) is 11.6 Å². The second-order valence-corrected chi connectivity index (χ2v) is 11.1. The van der Waals surface area contributed by atoms with E-state index in [1.54, 1.807) is 30.5 Å². The molecule has 2 N–H and O–H groups in total. The maximum Gasteiger partial charge on any atom is 0.255 e. The molecule has 0 unspecified atom stereocenters. The highest BCUT2D eigenvalue weighted by Gasteiger charge is 2.24. The highest BCUT2D eigenvalue weighted by atomic mass is 19.1. The lowest BCUT2D eigenvalue weighted by Crippen LogP contribution is -2.44. The third kappa shape index (κ3) is 6.75. The minimum absolute atomic E-state index is 0.157. The molecule has 0 atom stereocenters. The zero-order valence-electron chi connectivity index (χ0n) is 24.8. The average Bonchev–Trinajstić information content (AvgIpc) is 3.06. The van der Waals surface area contributed by atoms with Crippen LogP contribution in [0.4, 0.5) is 21.7 Å². The molecule has 3 heterocycles. The van der Waals surface area contributed by atoms with Crippen molar-refractivity contribution < 1.29 is 23.8 Å². The first-order valence-corrected chi connectivity index (χ1v) is 15.0. The molecule has 4 aromatic rings. The fourth-order valence-electron chi connectivity index (χ4n) is 5.87. The molecule has 0 saturated carbocycles. The van der Waals surface area contributed by atoms with Crippen LogP contribution < -0.4 is 19.9 Å². The van der Waals surface area contributed by atoms with E-state index in [1.165, 1.54) is 12.1 Å². The Hall–Kier alpha value is -4.32. The number of hydrogen-bond donors (Lipinski definition) is 2. The third-order valence-electron chi connectivity index (χ3n) is 8.31. The standard InChI is InChI=1S/C33H37FN6O4/c1-38(14-17-41)25-9-12-40(13-10-25)33-35-11-8-31(37-33)44-30-7-6-29(27-4-2-3-5-28(27)30)36-32(42)23-20-24(34)22-26(21-23)39-15-18-43-19-16-39/h2-8,11,20-22,25,41H,9-10,12-19H2,1H3,(H,36,42). The van der Waals surface area contributed by atoms with Gasteiger partial charge in [-0.3, -0.25) is 4.79 Å². The van der Waals surface area contributed by atoms with Crippen molar-refractivity contribution in [3.63, 3.8) is 0 Å². The number of carbonyl (C=O) groups is 1. The average molecular weight is 601 g/mol. The summed E-state index contributed by atoms with van der Waals surface area (Å²) >= 11 is 0. The van der Waals surface area contributed by atoms with Crippen LogP contribution in [0.15, 0.2) is 66.9 Å². The number of fused-ring (bicyclic) bond motifs is 1. The number of carbonyl (C=O) groups excluding carboxylic acids is 1. The number of nitrogens with one attached hydrogen (secondary N) is 1. The van der Waals surface area contributed by atoms with Crippen molar-refractivity contribution in [2.75, 3.05) is 74.7 Å². The summed E-state index contributed by atoms with van der Waals surface area (Å²) in [5.41, 5.74) is 1.50. The first-order chi connectivity index (χ1) is 21.5. The van der Waals surface area contributed by atoms with Gasteiger partial charge < -0.3 is 34.6 Å². The van der Waals surface area contributed by atoms with Crippen LogP contribution in [0, 0.1) is 5.82 Å². The maximum atomic E-state index is 14.5. The molecule has 2 saturated heterocycles. The number of benzene rings is 3. The fourth-order valence-corrected chi connectivity index (χ4v) is 5.87. The summed E-state index contributed by atoms with van der Waals surface area (Å²) in [5.74, 6) is 0.769. The van der Waals surface area contributed by atoms with E-state index in [4.69, 9.17) is 14.5 Å². The second-order valence-electron chi connectivity index (χ2n) is 11.1. The first kappa shape index (κ1) is 29.7. The molecule has 10 nitrogen and oxygen atoms in total. The Morgan fingerprint density at radius 1 is 1.05 bits per heavy atom. The number of aliphatic hydroxyl groups is 1. The van der Waals surface area contributed by atoms with Gasteiger partial charge >= 0.3 is 0 Å². The summed E-state index contributed by atoms with van der Waals surface area (Å²) in [4.78, 5) is 28.9. The molecule has 230 valence electrons. The molecule has 0 bridgehead atoms. The van der Waals surface area contributed by atoms with Gasteiger partial charge in [-0.2, -0.15) is 4.98 Å². The summed E-state index contributed by atoms with van der Waals surface area (Å²) in [6.07, 6.45) is 3.63. The number of aliphatic hydroxyl groups excluding tert-OH is 1. The molecule has 2 aliphatic heterocycles. The van der Waals surface area contributed by atoms with Gasteiger partial charge in [0.25, 0.3) is 5.91 Å². The van der Waals surface area contributed by atoms with Gasteiger partial charge in [-0.15, -0.1) is 0 Å². The largest absolute Gasteiger partial charge is 0.438 e. The molecule has 6 rings (SSSR count). The van der Waals surface area contributed by atoms with E-state index in [-0.39, 0.29) is 12.2 Å². The molecule has 0 radical (unpaired) electrons. The molecule has 1 amide bonds. The van der Waals surface area contributed by atoms with Gasteiger partial charge in [-0.25, -0.2) is 9.37 Å². The van der Waals surface area contributed by atoms with E-state index >= 15 is 0 Å². The van der Waals surface area contributed by atoms with Crippen LogP contribution in [0.3, 0.4) is 0 Å². The molecule has 44 heavy (non-hydrogen) atoms. The Bertz CT molecular complexity index is 1610. The number of nitrogens with zero attached hydrogens (tertiary/aromatic N) is 5. The normalized spacial score (nSPS) is 16.0. The number of piperidine rings is 1. The van der Waals surface area contributed by atoms with Gasteiger partial charge in [0.1, 0.15) is 11.6 Å². The number of rotatable bonds is 9. The van der Waals surface area contributed by atoms with E-state index in [1.807, 2.05) is 36.2 Å². The number of morpholine rings is 1. The van der Waals surface area contributed by atoms with Crippen LogP contribution in [-0.2, 0) is 4.74 Å². The van der Waals surface area contributed by atoms with Gasteiger partial charge in [0.2, 0.25) is 11.8 Å². The first-order valence-electron chi connectivity index (χ1n) is 15.0. The van der Waals surface area contributed by atoms with Gasteiger partial charge in [0.05, 0.1) is 19.8 Å². The maximum absolute atomic E-state index is 14.5. The zero-order valence-corrected chi connectivity index (χ0v) is 24.8. The van der Waals surface area contributed by atoms with Crippen LogP contribution in [0.1, 0.15) is 23.2 Å². The predicted octanol–water partition coefficient (Wildman–Crippen LogP) is 4.54. The van der Waals surface area contributed by atoms with Crippen molar-refractivity contribution in [1.82, 2.24) is 14.9 Å². The van der Waals surface area contributed by atoms with Crippen LogP contribution in [0.2, 0.25) is 0 Å². The molecule has 2 fully saturated rings. The fraction of sp³-hybridized carbons (Fsp3) is 0.364. The number of amides is 1. The number of aromatic nitrogens is 2. The van der Waals surface area contributed by atoms with Crippen molar-refractivity contribution in [2.24, 2.45) is 0 Å². The minimum Gasteiger partial charge on any atom is -0.438 e. The van der Waals surface area contributed by atoms with Crippen molar-refractivity contribution in [3.8, 4) is 11.6 Å². The van der Waals surface area contributed by atoms with E-state index in [9.17, 15) is 14.3 Å². The molecule has 3 aromatic carbocycles. The topological polar surface area (TPSA) is 103 Å². The van der Waals surface area contributed by atoms with E-state index < -0.39 is 11.7 Å². The minimum atomic E-state index is -0.463. The van der Waals surface area contributed by atoms with Crippen molar-refractivity contribution in [1.29, 1.82) is 0 Å². The van der Waals surface area contributed by atoms with Gasteiger partial charge in [0, 0.05) is 78.7 Å². The SMILES string of the molecule is CN(CCO)C1CCN(c2nccc(Oc3ccc(NC(=O)c4cc(F)cc(N5CCOCC5)c4)c4ccccc34)n2)CC1. The number of anilines is 3. The Morgan fingerprint density at radius 3 is 2.59 bits per heavy atom. The molecule has 0 aliphatic carbocycles. The Balaban J connectivity index is 1.18. The van der Waals surface area contributed by atoms with Crippen molar-refractivity contribution >= 4 is 34.0 Å². The summed E-state index contributed by atoms with van der Waals surface area (Å²) < 4.78 is 26.2. The van der Waals surface area contributed by atoms with Crippen LogP contribution >= 0.6 is 0 Å². The smallest absolute Gasteiger partial charge is 0.255 e. The molecule has 0 spiro atoms. The molecule has 11 heteroatoms. The third-order valence-corrected chi connectivity index (χ3v) is 8.31. The van der Waals surface area contributed by atoms with Crippen LogP contribution in [0.25, 0.3) is 10.8 Å². The Morgan fingerprint density at radius 2 is 1.82 bits per heavy atom. The van der Waals surface area contributed by atoms with Crippen LogP contribution in [-0.4, -0.2) is 91.5 Å². The van der Waals surface area contributed by atoms with Crippen molar-refractivity contribution in [2.45, 2.75) is 18.9 Å². The summed E-state index contributed by atoms with van der Waals surface area (Å²) in [5, 5.41) is 13.8. The lowest BCUT2D eigenvalue weighted by molar-refractivity contribution is 0.102. The number of ether oxygens (including phenoxy) is 2. The Labute approximate surface area is 256 Å². The zero-order chi connectivity index (χ0) is 30.5. The Kier molecular flexibility index (Phi) is 9.15. The highest BCUT2D eigenvalue weighted by Crippen LogP contribution is 2.35. The summed E-state index contributed by atoms with van der Waals surface area (Å²) in [6.45, 7) is 4.89. The van der Waals surface area contributed by atoms with E-state index in [0.717, 1.165) is 36.7 Å². The molecule has 1 aromatic heterocycles. The highest BCUT2D eigenvalue weighted by molar-refractivity contribution is 6.10. The summed E-state index contributed by atoms with van der Waals surface area (Å²) in [6, 6.07) is 17.8. The van der Waals surface area contributed by atoms with E-state index in [2.05, 4.69) is 20.1 Å². The summed E-state index contributed by atoms with van der Waals surface area (Å²) in [7, 11) is 2.05. The van der Waals surface area contributed by atoms with Crippen molar-refractivity contribution in [3.05, 3.63) is 78.2 Å². The molecular weight excluding hydrogens is 563 g/mol. The number of hydrogen-bond acceptors (Lipinski definition) is 9. The molecule has 2 aliphatic rings. The predicted molar refractivity (Wildman–Crippen MR) is 168 cm³/mol.